The van der Waals surface area contributed by atoms with Crippen LogP contribution in [0.5, 0.6) is 0 Å². The van der Waals surface area contributed by atoms with Crippen LogP contribution in [0.25, 0.3) is 0 Å². The van der Waals surface area contributed by atoms with Crippen molar-refractivity contribution in [3.05, 3.63) is 29.8 Å². The fourth-order valence-electron chi connectivity index (χ4n) is 1.59. The molecule has 0 bridgehead atoms. The molecule has 1 aromatic carbocycles. The number of nitrogens with one attached hydrogen (secondary N) is 3. The maximum atomic E-state index is 11.6. The fourth-order valence-corrected chi connectivity index (χ4v) is 1.59. The molecule has 3 N–H and O–H groups in total. The summed E-state index contributed by atoms with van der Waals surface area (Å²) in [4.78, 5) is 34.3. The summed E-state index contributed by atoms with van der Waals surface area (Å²) in [5.74, 6) is -0.297. The minimum Gasteiger partial charge on any atom is -0.350 e. The third kappa shape index (κ3) is 6.56. The van der Waals surface area contributed by atoms with E-state index < -0.39 is 6.03 Å². The van der Waals surface area contributed by atoms with Gasteiger partial charge in [-0.05, 0) is 52.0 Å². The zero-order valence-electron chi connectivity index (χ0n) is 12.7. The van der Waals surface area contributed by atoms with E-state index in [9.17, 15) is 14.4 Å². The maximum absolute atomic E-state index is 11.6. The Morgan fingerprint density at radius 1 is 1.05 bits per heavy atom. The van der Waals surface area contributed by atoms with E-state index in [-0.39, 0.29) is 23.8 Å². The second-order valence-electron chi connectivity index (χ2n) is 5.74. The summed E-state index contributed by atoms with van der Waals surface area (Å²) in [6.45, 7) is 6.96. The normalized spacial score (nSPS) is 10.7. The van der Waals surface area contributed by atoms with E-state index in [2.05, 4.69) is 16.0 Å². The minimum absolute atomic E-state index is 0.0372. The number of anilines is 1. The molecule has 1 aromatic rings. The van der Waals surface area contributed by atoms with Crippen molar-refractivity contribution < 1.29 is 14.4 Å². The van der Waals surface area contributed by atoms with Gasteiger partial charge in [0.2, 0.25) is 5.91 Å². The molecular formula is C15H21N3O3. The predicted octanol–water partition coefficient (Wildman–Crippen LogP) is 1.93. The van der Waals surface area contributed by atoms with Gasteiger partial charge in [0.25, 0.3) is 0 Å². The molecule has 0 unspecified atom stereocenters. The monoisotopic (exact) mass is 291 g/mol. The summed E-state index contributed by atoms with van der Waals surface area (Å²) in [6.07, 6.45) is 0. The van der Waals surface area contributed by atoms with Crippen molar-refractivity contribution in [2.75, 3.05) is 11.9 Å². The van der Waals surface area contributed by atoms with Gasteiger partial charge in [-0.25, -0.2) is 4.79 Å². The van der Waals surface area contributed by atoms with Gasteiger partial charge >= 0.3 is 6.03 Å². The highest BCUT2D eigenvalue weighted by atomic mass is 16.2. The van der Waals surface area contributed by atoms with Crippen LogP contribution in [-0.4, -0.2) is 29.8 Å². The molecule has 0 heterocycles. The first-order valence-electron chi connectivity index (χ1n) is 6.64. The van der Waals surface area contributed by atoms with Gasteiger partial charge in [-0.3, -0.25) is 9.59 Å². The van der Waals surface area contributed by atoms with Crippen LogP contribution in [0, 0.1) is 0 Å². The van der Waals surface area contributed by atoms with Crippen molar-refractivity contribution in [3.8, 4) is 0 Å². The largest absolute Gasteiger partial charge is 0.350 e. The molecule has 3 amide bonds. The molecule has 1 rings (SSSR count). The Bertz CT molecular complexity index is 530. The molecule has 0 radical (unpaired) electrons. The van der Waals surface area contributed by atoms with E-state index in [1.165, 1.54) is 6.92 Å². The number of Topliss-reactive ketones (excluding diaryl/α,β-unsaturated/α-hetero) is 1. The minimum atomic E-state index is -0.477. The lowest BCUT2D eigenvalue weighted by Crippen LogP contribution is -2.46. The number of amides is 3. The number of rotatable bonds is 4. The topological polar surface area (TPSA) is 87.3 Å². The summed E-state index contributed by atoms with van der Waals surface area (Å²) in [5.41, 5.74) is 0.789. The van der Waals surface area contributed by atoms with Gasteiger partial charge in [-0.1, -0.05) is 0 Å². The zero-order valence-corrected chi connectivity index (χ0v) is 12.7. The lowest BCUT2D eigenvalue weighted by molar-refractivity contribution is -0.121. The molecule has 0 aromatic heterocycles. The van der Waals surface area contributed by atoms with Crippen molar-refractivity contribution in [3.63, 3.8) is 0 Å². The van der Waals surface area contributed by atoms with Crippen LogP contribution in [-0.2, 0) is 4.79 Å². The first-order chi connectivity index (χ1) is 9.67. The van der Waals surface area contributed by atoms with Crippen LogP contribution in [0.1, 0.15) is 38.1 Å². The molecule has 0 fully saturated rings. The quantitative estimate of drug-likeness (QED) is 0.741. The highest BCUT2D eigenvalue weighted by Crippen LogP contribution is 2.09. The van der Waals surface area contributed by atoms with E-state index in [0.717, 1.165) is 0 Å². The van der Waals surface area contributed by atoms with Crippen molar-refractivity contribution in [2.45, 2.75) is 33.2 Å². The Kier molecular flexibility index (Phi) is 5.46. The first kappa shape index (κ1) is 16.7. The molecule has 0 atom stereocenters. The van der Waals surface area contributed by atoms with Crippen LogP contribution in [0.2, 0.25) is 0 Å². The third-order valence-electron chi connectivity index (χ3n) is 2.47. The van der Waals surface area contributed by atoms with Gasteiger partial charge in [-0.15, -0.1) is 0 Å². The number of urea groups is 1. The van der Waals surface area contributed by atoms with Gasteiger partial charge in [0.15, 0.2) is 5.78 Å². The summed E-state index contributed by atoms with van der Waals surface area (Å²) < 4.78 is 0. The fraction of sp³-hybridized carbons (Fsp3) is 0.400. The highest BCUT2D eigenvalue weighted by Gasteiger charge is 2.14. The zero-order chi connectivity index (χ0) is 16.0. The van der Waals surface area contributed by atoms with E-state index in [0.29, 0.717) is 11.3 Å². The highest BCUT2D eigenvalue weighted by molar-refractivity contribution is 5.96. The molecule has 114 valence electrons. The van der Waals surface area contributed by atoms with Gasteiger partial charge in [-0.2, -0.15) is 0 Å². The summed E-state index contributed by atoms with van der Waals surface area (Å²) in [6, 6.07) is 6.04. The summed E-state index contributed by atoms with van der Waals surface area (Å²) >= 11 is 0. The molecular weight excluding hydrogens is 270 g/mol. The second-order valence-corrected chi connectivity index (χ2v) is 5.74. The Morgan fingerprint density at radius 2 is 1.62 bits per heavy atom. The smallest absolute Gasteiger partial charge is 0.319 e. The van der Waals surface area contributed by atoms with E-state index in [1.54, 1.807) is 24.3 Å². The molecule has 6 nitrogen and oxygen atoms in total. The molecule has 0 aliphatic carbocycles. The molecule has 0 saturated carbocycles. The average molecular weight is 291 g/mol. The summed E-state index contributed by atoms with van der Waals surface area (Å²) in [7, 11) is 0. The van der Waals surface area contributed by atoms with Crippen LogP contribution < -0.4 is 16.0 Å². The van der Waals surface area contributed by atoms with E-state index in [4.69, 9.17) is 0 Å². The maximum Gasteiger partial charge on any atom is 0.319 e. The summed E-state index contributed by atoms with van der Waals surface area (Å²) in [5, 5.41) is 7.79. The molecule has 0 spiro atoms. The number of carbonyl (C=O) groups excluding carboxylic acids is 3. The van der Waals surface area contributed by atoms with E-state index in [1.807, 2.05) is 20.8 Å². The van der Waals surface area contributed by atoms with Gasteiger partial charge in [0.05, 0.1) is 6.54 Å². The first-order valence-corrected chi connectivity index (χ1v) is 6.64. The third-order valence-corrected chi connectivity index (χ3v) is 2.47. The van der Waals surface area contributed by atoms with Crippen LogP contribution in [0.4, 0.5) is 10.5 Å². The van der Waals surface area contributed by atoms with Crippen molar-refractivity contribution in [1.29, 1.82) is 0 Å². The molecule has 0 saturated heterocycles. The number of hydrogen-bond donors (Lipinski definition) is 3. The Balaban J connectivity index is 2.43. The van der Waals surface area contributed by atoms with Crippen molar-refractivity contribution >= 4 is 23.4 Å². The number of carbonyl (C=O) groups is 3. The molecule has 21 heavy (non-hydrogen) atoms. The lowest BCUT2D eigenvalue weighted by Gasteiger charge is -2.20. The van der Waals surface area contributed by atoms with Crippen molar-refractivity contribution in [1.82, 2.24) is 10.6 Å². The average Bonchev–Trinajstić information content (AvgIpc) is 2.35. The van der Waals surface area contributed by atoms with Crippen LogP contribution in [0.15, 0.2) is 24.3 Å². The number of ketones is 1. The number of hydrogen-bond acceptors (Lipinski definition) is 3. The number of benzene rings is 1. The van der Waals surface area contributed by atoms with Crippen molar-refractivity contribution in [2.24, 2.45) is 0 Å². The van der Waals surface area contributed by atoms with E-state index >= 15 is 0 Å². The Labute approximate surface area is 124 Å². The van der Waals surface area contributed by atoms with Gasteiger partial charge in [0.1, 0.15) is 0 Å². The molecule has 6 heteroatoms. The molecule has 0 aliphatic rings. The molecule has 0 aliphatic heterocycles. The second kappa shape index (κ2) is 6.88. The van der Waals surface area contributed by atoms with Gasteiger partial charge < -0.3 is 16.0 Å². The lowest BCUT2D eigenvalue weighted by atomic mass is 10.1. The Hall–Kier alpha value is -2.37. The standard InChI is InChI=1S/C15H21N3O3/c1-10(19)11-5-7-12(8-6-11)17-14(21)16-9-13(20)18-15(2,3)4/h5-8H,9H2,1-4H3,(H,18,20)(H2,16,17,21). The van der Waals surface area contributed by atoms with Crippen LogP contribution >= 0.6 is 0 Å². The predicted molar refractivity (Wildman–Crippen MR) is 81.4 cm³/mol. The SMILES string of the molecule is CC(=O)c1ccc(NC(=O)NCC(=O)NC(C)(C)C)cc1. The van der Waals surface area contributed by atoms with Gasteiger partial charge in [0, 0.05) is 16.8 Å². The Morgan fingerprint density at radius 3 is 2.10 bits per heavy atom. The van der Waals surface area contributed by atoms with Crippen LogP contribution in [0.3, 0.4) is 0 Å².